The molecule has 0 spiro atoms. The topological polar surface area (TPSA) is 56.0 Å². The van der Waals surface area contributed by atoms with Crippen LogP contribution in [0.4, 0.5) is 0 Å². The Kier molecular flexibility index (Phi) is 5.90. The first-order valence-corrected chi connectivity index (χ1v) is 8.31. The number of nitriles is 1. The van der Waals surface area contributed by atoms with E-state index in [0.29, 0.717) is 18.2 Å². The van der Waals surface area contributed by atoms with Gasteiger partial charge in [0, 0.05) is 17.8 Å². The van der Waals surface area contributed by atoms with Gasteiger partial charge in [0.1, 0.15) is 0 Å². The first kappa shape index (κ1) is 15.4. The fourth-order valence-electron chi connectivity index (χ4n) is 2.69. The Labute approximate surface area is 125 Å². The van der Waals surface area contributed by atoms with Crippen molar-refractivity contribution < 1.29 is 5.11 Å². The van der Waals surface area contributed by atoms with Crippen molar-refractivity contribution >= 4 is 11.8 Å². The van der Waals surface area contributed by atoms with E-state index in [2.05, 4.69) is 18.3 Å². The minimum Gasteiger partial charge on any atom is -0.387 e. The highest BCUT2D eigenvalue weighted by atomic mass is 32.2. The van der Waals surface area contributed by atoms with Crippen molar-refractivity contribution in [2.24, 2.45) is 0 Å². The number of hydrogen-bond donors (Lipinski definition) is 2. The average molecular weight is 290 g/mol. The van der Waals surface area contributed by atoms with Crippen LogP contribution in [0.2, 0.25) is 0 Å². The monoisotopic (exact) mass is 290 g/mol. The Morgan fingerprint density at radius 2 is 2.15 bits per heavy atom. The predicted octanol–water partition coefficient (Wildman–Crippen LogP) is 2.86. The molecule has 1 aromatic carbocycles. The number of aliphatic hydroxyl groups is 1. The third-order valence-corrected chi connectivity index (χ3v) is 5.04. The minimum absolute atomic E-state index is 0.499. The quantitative estimate of drug-likeness (QED) is 0.846. The van der Waals surface area contributed by atoms with Crippen molar-refractivity contribution in [2.45, 2.75) is 43.6 Å². The Bertz CT molecular complexity index is 455. The Hall–Kier alpha value is -1.02. The van der Waals surface area contributed by atoms with Gasteiger partial charge in [0.25, 0.3) is 0 Å². The molecule has 1 aliphatic carbocycles. The molecule has 0 radical (unpaired) electrons. The lowest BCUT2D eigenvalue weighted by atomic mass is 10.1. The van der Waals surface area contributed by atoms with Crippen LogP contribution < -0.4 is 5.32 Å². The first-order valence-electron chi connectivity index (χ1n) is 7.26. The SMILES string of the molecule is CCSC1CCC(NCC(O)c2ccc(C#N)cc2)C1. The van der Waals surface area contributed by atoms with E-state index in [1.54, 1.807) is 12.1 Å². The first-order chi connectivity index (χ1) is 9.72. The van der Waals surface area contributed by atoms with Crippen molar-refractivity contribution in [3.05, 3.63) is 35.4 Å². The summed E-state index contributed by atoms with van der Waals surface area (Å²) in [6.45, 7) is 2.79. The van der Waals surface area contributed by atoms with Crippen molar-refractivity contribution in [1.29, 1.82) is 5.26 Å². The van der Waals surface area contributed by atoms with Gasteiger partial charge < -0.3 is 10.4 Å². The van der Waals surface area contributed by atoms with Crippen LogP contribution >= 0.6 is 11.8 Å². The fraction of sp³-hybridized carbons (Fsp3) is 0.562. The zero-order valence-corrected chi connectivity index (χ0v) is 12.7. The van der Waals surface area contributed by atoms with Gasteiger partial charge in [-0.25, -0.2) is 0 Å². The predicted molar refractivity (Wildman–Crippen MR) is 83.7 cm³/mol. The lowest BCUT2D eigenvalue weighted by Gasteiger charge is -2.17. The zero-order chi connectivity index (χ0) is 14.4. The molecule has 0 heterocycles. The van der Waals surface area contributed by atoms with E-state index in [9.17, 15) is 5.11 Å². The minimum atomic E-state index is -0.499. The van der Waals surface area contributed by atoms with Crippen LogP contribution in [0.1, 0.15) is 43.4 Å². The molecular formula is C16H22N2OS. The summed E-state index contributed by atoms with van der Waals surface area (Å²) in [4.78, 5) is 0. The van der Waals surface area contributed by atoms with E-state index < -0.39 is 6.10 Å². The molecule has 2 rings (SSSR count). The van der Waals surface area contributed by atoms with E-state index in [0.717, 1.165) is 10.8 Å². The lowest BCUT2D eigenvalue weighted by Crippen LogP contribution is -2.31. The van der Waals surface area contributed by atoms with Gasteiger partial charge in [-0.2, -0.15) is 17.0 Å². The second-order valence-electron chi connectivity index (χ2n) is 5.25. The van der Waals surface area contributed by atoms with E-state index >= 15 is 0 Å². The van der Waals surface area contributed by atoms with E-state index in [1.807, 2.05) is 23.9 Å². The van der Waals surface area contributed by atoms with Gasteiger partial charge in [0.05, 0.1) is 17.7 Å². The van der Waals surface area contributed by atoms with Gasteiger partial charge in [-0.05, 0) is 42.7 Å². The summed E-state index contributed by atoms with van der Waals surface area (Å²) in [5, 5.41) is 23.2. The van der Waals surface area contributed by atoms with Crippen LogP contribution in [0.5, 0.6) is 0 Å². The summed E-state index contributed by atoms with van der Waals surface area (Å²) in [6.07, 6.45) is 3.19. The number of aliphatic hydroxyl groups excluding tert-OH is 1. The molecule has 0 aromatic heterocycles. The number of benzene rings is 1. The number of nitrogens with zero attached hydrogens (tertiary/aromatic N) is 1. The van der Waals surface area contributed by atoms with Crippen molar-refractivity contribution in [3.8, 4) is 6.07 Å². The molecule has 20 heavy (non-hydrogen) atoms. The third kappa shape index (κ3) is 4.24. The molecule has 1 aliphatic rings. The van der Waals surface area contributed by atoms with Crippen molar-refractivity contribution in [2.75, 3.05) is 12.3 Å². The van der Waals surface area contributed by atoms with E-state index in [4.69, 9.17) is 5.26 Å². The van der Waals surface area contributed by atoms with Gasteiger partial charge in [0.15, 0.2) is 0 Å². The summed E-state index contributed by atoms with van der Waals surface area (Å²) in [5.41, 5.74) is 1.50. The Morgan fingerprint density at radius 3 is 2.80 bits per heavy atom. The maximum Gasteiger partial charge on any atom is 0.0991 e. The largest absolute Gasteiger partial charge is 0.387 e. The highest BCUT2D eigenvalue weighted by molar-refractivity contribution is 7.99. The van der Waals surface area contributed by atoms with Gasteiger partial charge in [-0.1, -0.05) is 19.1 Å². The van der Waals surface area contributed by atoms with Crippen LogP contribution in [-0.4, -0.2) is 28.7 Å². The van der Waals surface area contributed by atoms with Crippen LogP contribution in [0.25, 0.3) is 0 Å². The second kappa shape index (κ2) is 7.68. The highest BCUT2D eigenvalue weighted by Crippen LogP contribution is 2.29. The lowest BCUT2D eigenvalue weighted by molar-refractivity contribution is 0.170. The molecular weight excluding hydrogens is 268 g/mol. The van der Waals surface area contributed by atoms with Crippen molar-refractivity contribution in [3.63, 3.8) is 0 Å². The normalized spacial score (nSPS) is 23.4. The summed E-state index contributed by atoms with van der Waals surface area (Å²) < 4.78 is 0. The summed E-state index contributed by atoms with van der Waals surface area (Å²) in [7, 11) is 0. The standard InChI is InChI=1S/C16H22N2OS/c1-2-20-15-8-7-14(9-15)18-11-16(19)13-5-3-12(10-17)4-6-13/h3-6,14-16,18-19H,2,7-9,11H2,1H3. The molecule has 1 saturated carbocycles. The molecule has 1 aromatic rings. The molecule has 2 N–H and O–H groups in total. The van der Waals surface area contributed by atoms with E-state index in [-0.39, 0.29) is 0 Å². The van der Waals surface area contributed by atoms with Gasteiger partial charge >= 0.3 is 0 Å². The van der Waals surface area contributed by atoms with Crippen LogP contribution in [-0.2, 0) is 0 Å². The van der Waals surface area contributed by atoms with Crippen LogP contribution in [0.3, 0.4) is 0 Å². The molecule has 0 bridgehead atoms. The maximum atomic E-state index is 10.2. The fourth-order valence-corrected chi connectivity index (χ4v) is 3.83. The summed E-state index contributed by atoms with van der Waals surface area (Å²) in [6, 6.07) is 9.78. The van der Waals surface area contributed by atoms with Gasteiger partial charge in [0.2, 0.25) is 0 Å². The summed E-state index contributed by atoms with van der Waals surface area (Å²) >= 11 is 2.04. The third-order valence-electron chi connectivity index (χ3n) is 3.81. The average Bonchev–Trinajstić information content (AvgIpc) is 2.93. The molecule has 0 amide bonds. The molecule has 108 valence electrons. The second-order valence-corrected chi connectivity index (χ2v) is 6.82. The zero-order valence-electron chi connectivity index (χ0n) is 11.9. The molecule has 3 atom stereocenters. The van der Waals surface area contributed by atoms with Gasteiger partial charge in [-0.3, -0.25) is 0 Å². The number of nitrogens with one attached hydrogen (secondary N) is 1. The molecule has 0 saturated heterocycles. The number of rotatable bonds is 6. The molecule has 4 heteroatoms. The van der Waals surface area contributed by atoms with Crippen molar-refractivity contribution in [1.82, 2.24) is 5.32 Å². The molecule has 1 fully saturated rings. The Morgan fingerprint density at radius 1 is 1.40 bits per heavy atom. The van der Waals surface area contributed by atoms with Crippen LogP contribution in [0, 0.1) is 11.3 Å². The molecule has 3 nitrogen and oxygen atoms in total. The summed E-state index contributed by atoms with van der Waals surface area (Å²) in [5.74, 6) is 1.19. The Balaban J connectivity index is 1.77. The van der Waals surface area contributed by atoms with Gasteiger partial charge in [-0.15, -0.1) is 0 Å². The molecule has 3 unspecified atom stereocenters. The van der Waals surface area contributed by atoms with E-state index in [1.165, 1.54) is 25.0 Å². The number of hydrogen-bond acceptors (Lipinski definition) is 4. The maximum absolute atomic E-state index is 10.2. The highest BCUT2D eigenvalue weighted by Gasteiger charge is 2.24. The molecule has 0 aliphatic heterocycles. The number of thioether (sulfide) groups is 1. The van der Waals surface area contributed by atoms with Crippen LogP contribution in [0.15, 0.2) is 24.3 Å². The smallest absolute Gasteiger partial charge is 0.0991 e.